The molecule has 0 aliphatic heterocycles. The fourth-order valence-corrected chi connectivity index (χ4v) is 8.03. The van der Waals surface area contributed by atoms with Gasteiger partial charge in [0.2, 0.25) is 0 Å². The topological polar surface area (TPSA) is 0 Å². The van der Waals surface area contributed by atoms with Crippen molar-refractivity contribution in [1.82, 2.24) is 0 Å². The minimum atomic E-state index is 0.710. The summed E-state index contributed by atoms with van der Waals surface area (Å²) in [6, 6.07) is 0. The van der Waals surface area contributed by atoms with E-state index < -0.39 is 0 Å². The second-order valence-electron chi connectivity index (χ2n) is 7.49. The van der Waals surface area contributed by atoms with Crippen LogP contribution in [0, 0.1) is 58.2 Å². The Labute approximate surface area is 89.4 Å². The van der Waals surface area contributed by atoms with E-state index >= 15 is 0 Å². The van der Waals surface area contributed by atoms with Crippen LogP contribution < -0.4 is 0 Å². The molecule has 8 unspecified atom stereocenters. The Morgan fingerprint density at radius 2 is 1.13 bits per heavy atom. The van der Waals surface area contributed by atoms with Gasteiger partial charge in [-0.1, -0.05) is 24.3 Å². The smallest absolute Gasteiger partial charge is 0.0130 e. The SMILES string of the molecule is C1=CC12C1C3CC4C5C3C2C5C2(C=C2)C41. The van der Waals surface area contributed by atoms with Crippen LogP contribution in [0.25, 0.3) is 0 Å². The molecule has 8 atom stereocenters. The molecule has 0 aromatic rings. The Morgan fingerprint density at radius 3 is 1.53 bits per heavy atom. The summed E-state index contributed by atoms with van der Waals surface area (Å²) in [5, 5.41) is 0. The van der Waals surface area contributed by atoms with Crippen molar-refractivity contribution < 1.29 is 0 Å². The predicted molar refractivity (Wildman–Crippen MR) is 55.7 cm³/mol. The van der Waals surface area contributed by atoms with Crippen LogP contribution >= 0.6 is 0 Å². The summed E-state index contributed by atoms with van der Waals surface area (Å²) in [6.45, 7) is 0. The zero-order valence-corrected chi connectivity index (χ0v) is 8.64. The van der Waals surface area contributed by atoms with Gasteiger partial charge in [0.05, 0.1) is 0 Å². The van der Waals surface area contributed by atoms with Gasteiger partial charge < -0.3 is 0 Å². The highest BCUT2D eigenvalue weighted by Gasteiger charge is 2.91. The van der Waals surface area contributed by atoms with Gasteiger partial charge in [-0.05, 0) is 53.8 Å². The molecule has 0 heteroatoms. The lowest BCUT2D eigenvalue weighted by atomic mass is 9.51. The second kappa shape index (κ2) is 1.28. The highest BCUT2D eigenvalue weighted by Crippen LogP contribution is 2.95. The highest BCUT2D eigenvalue weighted by molar-refractivity contribution is 5.53. The molecule has 0 saturated heterocycles. The average molecular weight is 194 g/mol. The lowest BCUT2D eigenvalue weighted by molar-refractivity contribution is -0.0371. The van der Waals surface area contributed by atoms with Crippen molar-refractivity contribution in [2.75, 3.05) is 0 Å². The van der Waals surface area contributed by atoms with Gasteiger partial charge in [0.1, 0.15) is 0 Å². The molecule has 7 rings (SSSR count). The fourth-order valence-electron chi connectivity index (χ4n) is 8.03. The molecule has 0 radical (unpaired) electrons. The summed E-state index contributed by atoms with van der Waals surface area (Å²) >= 11 is 0. The molecule has 0 aromatic carbocycles. The van der Waals surface area contributed by atoms with E-state index in [1.165, 1.54) is 23.7 Å². The Bertz CT molecular complexity index is 448. The average Bonchev–Trinajstić information content (AvgIpc) is 2.99. The number of allylic oxidation sites excluding steroid dienone is 4. The van der Waals surface area contributed by atoms with Gasteiger partial charge in [0.25, 0.3) is 0 Å². The molecule has 7 aliphatic rings. The third kappa shape index (κ3) is 0.329. The molecule has 2 bridgehead atoms. The van der Waals surface area contributed by atoms with Crippen molar-refractivity contribution in [3.05, 3.63) is 24.3 Å². The van der Waals surface area contributed by atoms with Crippen LogP contribution in [0.3, 0.4) is 0 Å². The quantitative estimate of drug-likeness (QED) is 0.520. The summed E-state index contributed by atoms with van der Waals surface area (Å²) < 4.78 is 0. The minimum Gasteiger partial charge on any atom is -0.0771 e. The maximum atomic E-state index is 2.61. The van der Waals surface area contributed by atoms with Gasteiger partial charge in [-0.2, -0.15) is 0 Å². The van der Waals surface area contributed by atoms with E-state index in [1.807, 2.05) is 0 Å². The molecule has 0 nitrogen and oxygen atoms in total. The maximum Gasteiger partial charge on any atom is 0.0130 e. The van der Waals surface area contributed by atoms with Crippen LogP contribution in [0.15, 0.2) is 24.3 Å². The summed E-state index contributed by atoms with van der Waals surface area (Å²) in [7, 11) is 0. The first-order chi connectivity index (χ1) is 7.39. The molecule has 5 fully saturated rings. The Morgan fingerprint density at radius 1 is 0.667 bits per heavy atom. The normalized spacial score (nSPS) is 76.3. The fraction of sp³-hybridized carbons (Fsp3) is 0.733. The second-order valence-corrected chi connectivity index (χ2v) is 7.49. The van der Waals surface area contributed by atoms with Crippen molar-refractivity contribution in [3.63, 3.8) is 0 Å². The van der Waals surface area contributed by atoms with Gasteiger partial charge in [-0.25, -0.2) is 0 Å². The van der Waals surface area contributed by atoms with E-state index in [0.29, 0.717) is 10.8 Å². The van der Waals surface area contributed by atoms with Crippen molar-refractivity contribution >= 4 is 0 Å². The van der Waals surface area contributed by atoms with E-state index in [2.05, 4.69) is 24.3 Å². The third-order valence-corrected chi connectivity index (χ3v) is 7.92. The van der Waals surface area contributed by atoms with E-state index in [9.17, 15) is 0 Å². The van der Waals surface area contributed by atoms with Crippen molar-refractivity contribution in [2.24, 2.45) is 58.2 Å². The highest BCUT2D eigenvalue weighted by atomic mass is 14.9. The minimum absolute atomic E-state index is 0.710. The number of hydrogen-bond acceptors (Lipinski definition) is 0. The Hall–Kier alpha value is -0.520. The molecule has 15 heavy (non-hydrogen) atoms. The molecule has 74 valence electrons. The van der Waals surface area contributed by atoms with Crippen molar-refractivity contribution in [1.29, 1.82) is 0 Å². The molecule has 0 aromatic heterocycles. The van der Waals surface area contributed by atoms with Gasteiger partial charge in [-0.3, -0.25) is 0 Å². The zero-order chi connectivity index (χ0) is 9.15. The maximum absolute atomic E-state index is 2.61. The first-order valence-corrected chi connectivity index (χ1v) is 6.79. The first-order valence-electron chi connectivity index (χ1n) is 6.79. The van der Waals surface area contributed by atoms with Crippen LogP contribution in [-0.2, 0) is 0 Å². The summed E-state index contributed by atoms with van der Waals surface area (Å²) in [6.07, 6.45) is 12.1. The zero-order valence-electron chi connectivity index (χ0n) is 8.64. The van der Waals surface area contributed by atoms with Crippen LogP contribution in [0.4, 0.5) is 0 Å². The number of hydrogen-bond donors (Lipinski definition) is 0. The summed E-state index contributed by atoms with van der Waals surface area (Å²) in [5.74, 6) is 9.19. The number of fused-ring (bicyclic) bond motifs is 6. The predicted octanol–water partition coefficient (Wildman–Crippen LogP) is 2.49. The van der Waals surface area contributed by atoms with Gasteiger partial charge >= 0.3 is 0 Å². The Kier molecular flexibility index (Phi) is 0.536. The third-order valence-electron chi connectivity index (χ3n) is 7.92. The van der Waals surface area contributed by atoms with Gasteiger partial charge in [0.15, 0.2) is 0 Å². The van der Waals surface area contributed by atoms with Crippen LogP contribution in [0.5, 0.6) is 0 Å². The summed E-state index contributed by atoms with van der Waals surface area (Å²) in [5.41, 5.74) is 1.42. The van der Waals surface area contributed by atoms with Crippen molar-refractivity contribution in [3.8, 4) is 0 Å². The molecule has 0 amide bonds. The van der Waals surface area contributed by atoms with E-state index in [1.54, 1.807) is 6.42 Å². The lowest BCUT2D eigenvalue weighted by Crippen LogP contribution is -2.50. The van der Waals surface area contributed by atoms with E-state index in [-0.39, 0.29) is 0 Å². The van der Waals surface area contributed by atoms with E-state index in [0.717, 1.165) is 23.7 Å². The van der Waals surface area contributed by atoms with Crippen LogP contribution in [-0.4, -0.2) is 0 Å². The molecule has 5 saturated carbocycles. The Balaban J connectivity index is 1.65. The molecule has 7 aliphatic carbocycles. The monoisotopic (exact) mass is 194 g/mol. The lowest BCUT2D eigenvalue weighted by Gasteiger charge is -2.52. The van der Waals surface area contributed by atoms with Gasteiger partial charge in [-0.15, -0.1) is 0 Å². The van der Waals surface area contributed by atoms with Crippen LogP contribution in [0.2, 0.25) is 0 Å². The number of rotatable bonds is 0. The molecule has 0 heterocycles. The molecular formula is C15H14. The van der Waals surface area contributed by atoms with Crippen molar-refractivity contribution in [2.45, 2.75) is 6.42 Å². The first kappa shape index (κ1) is 6.27. The molecule has 0 N–H and O–H groups in total. The summed E-state index contributed by atoms with van der Waals surface area (Å²) in [4.78, 5) is 0. The molecule has 2 spiro atoms. The molecular weight excluding hydrogens is 180 g/mol. The standard InChI is InChI=1S/C15H14/c1-2-14(1)10-6-5-7-9-8(6)12(14)13(9)15(3-4-15)11(7)10/h1-4,6-13H,5H2. The van der Waals surface area contributed by atoms with Crippen LogP contribution in [0.1, 0.15) is 6.42 Å². The largest absolute Gasteiger partial charge is 0.0771 e. The van der Waals surface area contributed by atoms with E-state index in [4.69, 9.17) is 0 Å². The van der Waals surface area contributed by atoms with Gasteiger partial charge in [0, 0.05) is 10.8 Å².